The Kier molecular flexibility index (Phi) is 6.69. The molecule has 0 spiro atoms. The fourth-order valence-electron chi connectivity index (χ4n) is 2.07. The third kappa shape index (κ3) is 5.62. The van der Waals surface area contributed by atoms with Gasteiger partial charge in [0.1, 0.15) is 0 Å². The SMILES string of the molecule is Cc1ccoc1C(=O)NCCCNC(=O)NCc1cccc(Cl)c1. The van der Waals surface area contributed by atoms with Crippen molar-refractivity contribution in [3.8, 4) is 0 Å². The molecule has 1 heterocycles. The average molecular weight is 350 g/mol. The smallest absolute Gasteiger partial charge is 0.315 e. The van der Waals surface area contributed by atoms with Gasteiger partial charge in [0.2, 0.25) is 0 Å². The molecule has 0 unspecified atom stereocenters. The Labute approximate surface area is 145 Å². The lowest BCUT2D eigenvalue weighted by Gasteiger charge is -2.08. The van der Waals surface area contributed by atoms with E-state index in [-0.39, 0.29) is 11.9 Å². The number of rotatable bonds is 7. The van der Waals surface area contributed by atoms with Crippen LogP contribution in [0.25, 0.3) is 0 Å². The van der Waals surface area contributed by atoms with E-state index in [4.69, 9.17) is 16.0 Å². The molecule has 2 rings (SSSR count). The number of benzene rings is 1. The maximum atomic E-state index is 11.8. The molecule has 0 saturated carbocycles. The van der Waals surface area contributed by atoms with Crippen molar-refractivity contribution in [1.29, 1.82) is 0 Å². The van der Waals surface area contributed by atoms with Crippen LogP contribution in [-0.4, -0.2) is 25.0 Å². The number of aryl methyl sites for hydroxylation is 1. The lowest BCUT2D eigenvalue weighted by atomic mass is 10.2. The third-order valence-corrected chi connectivity index (χ3v) is 3.57. The number of halogens is 1. The van der Waals surface area contributed by atoms with Crippen molar-refractivity contribution >= 4 is 23.5 Å². The van der Waals surface area contributed by atoms with Gasteiger partial charge in [-0.25, -0.2) is 4.79 Å². The minimum Gasteiger partial charge on any atom is -0.459 e. The van der Waals surface area contributed by atoms with Crippen LogP contribution >= 0.6 is 11.6 Å². The van der Waals surface area contributed by atoms with Gasteiger partial charge in [0.05, 0.1) is 6.26 Å². The summed E-state index contributed by atoms with van der Waals surface area (Å²) in [5.74, 6) is 0.0742. The zero-order valence-corrected chi connectivity index (χ0v) is 14.2. The molecule has 1 aromatic heterocycles. The number of carbonyl (C=O) groups excluding carboxylic acids is 2. The fraction of sp³-hybridized carbons (Fsp3) is 0.294. The van der Waals surface area contributed by atoms with Gasteiger partial charge in [-0.15, -0.1) is 0 Å². The lowest BCUT2D eigenvalue weighted by molar-refractivity contribution is 0.0925. The maximum Gasteiger partial charge on any atom is 0.315 e. The maximum absolute atomic E-state index is 11.8. The minimum absolute atomic E-state index is 0.247. The van der Waals surface area contributed by atoms with Crippen molar-refractivity contribution in [3.63, 3.8) is 0 Å². The highest BCUT2D eigenvalue weighted by molar-refractivity contribution is 6.30. The van der Waals surface area contributed by atoms with Crippen molar-refractivity contribution in [1.82, 2.24) is 16.0 Å². The van der Waals surface area contributed by atoms with E-state index in [0.717, 1.165) is 11.1 Å². The van der Waals surface area contributed by atoms with Gasteiger partial charge in [0, 0.05) is 30.2 Å². The van der Waals surface area contributed by atoms with Gasteiger partial charge in [0.15, 0.2) is 5.76 Å². The first-order valence-electron chi connectivity index (χ1n) is 7.64. The second kappa shape index (κ2) is 8.98. The van der Waals surface area contributed by atoms with Gasteiger partial charge in [-0.05, 0) is 37.1 Å². The molecule has 3 N–H and O–H groups in total. The van der Waals surface area contributed by atoms with Gasteiger partial charge < -0.3 is 20.4 Å². The largest absolute Gasteiger partial charge is 0.459 e. The summed E-state index contributed by atoms with van der Waals surface area (Å²) in [6, 6.07) is 8.78. The third-order valence-electron chi connectivity index (χ3n) is 3.34. The quantitative estimate of drug-likeness (QED) is 0.672. The zero-order valence-electron chi connectivity index (χ0n) is 13.4. The van der Waals surface area contributed by atoms with E-state index < -0.39 is 0 Å². The van der Waals surface area contributed by atoms with Crippen molar-refractivity contribution in [2.75, 3.05) is 13.1 Å². The van der Waals surface area contributed by atoms with Gasteiger partial charge in [-0.1, -0.05) is 23.7 Å². The Hall–Kier alpha value is -2.47. The first-order chi connectivity index (χ1) is 11.6. The van der Waals surface area contributed by atoms with Crippen LogP contribution in [0.5, 0.6) is 0 Å². The number of hydrogen-bond donors (Lipinski definition) is 3. The highest BCUT2D eigenvalue weighted by Crippen LogP contribution is 2.10. The fourth-order valence-corrected chi connectivity index (χ4v) is 2.28. The highest BCUT2D eigenvalue weighted by atomic mass is 35.5. The molecular formula is C17H20ClN3O3. The van der Waals surface area contributed by atoms with Crippen molar-refractivity contribution in [3.05, 3.63) is 58.5 Å². The van der Waals surface area contributed by atoms with Gasteiger partial charge >= 0.3 is 6.03 Å². The molecule has 24 heavy (non-hydrogen) atoms. The number of amides is 3. The van der Waals surface area contributed by atoms with Gasteiger partial charge in [-0.3, -0.25) is 4.79 Å². The van der Waals surface area contributed by atoms with Crippen LogP contribution in [0.15, 0.2) is 41.0 Å². The number of urea groups is 1. The molecule has 0 aliphatic carbocycles. The van der Waals surface area contributed by atoms with Crippen LogP contribution in [0.3, 0.4) is 0 Å². The van der Waals surface area contributed by atoms with E-state index in [2.05, 4.69) is 16.0 Å². The van der Waals surface area contributed by atoms with Crippen LogP contribution in [0.4, 0.5) is 4.79 Å². The predicted molar refractivity (Wildman–Crippen MR) is 92.1 cm³/mol. The Morgan fingerprint density at radius 1 is 1.12 bits per heavy atom. The summed E-state index contributed by atoms with van der Waals surface area (Å²) >= 11 is 5.88. The van der Waals surface area contributed by atoms with E-state index >= 15 is 0 Å². The number of hydrogen-bond acceptors (Lipinski definition) is 3. The van der Waals surface area contributed by atoms with Crippen LogP contribution in [0.2, 0.25) is 5.02 Å². The summed E-state index contributed by atoms with van der Waals surface area (Å²) in [5, 5.41) is 8.86. The van der Waals surface area contributed by atoms with E-state index in [1.165, 1.54) is 6.26 Å². The molecule has 0 bridgehead atoms. The van der Waals surface area contributed by atoms with Gasteiger partial charge in [-0.2, -0.15) is 0 Å². The molecule has 0 aliphatic rings. The first-order valence-corrected chi connectivity index (χ1v) is 8.02. The number of carbonyl (C=O) groups is 2. The average Bonchev–Trinajstić information content (AvgIpc) is 2.98. The highest BCUT2D eigenvalue weighted by Gasteiger charge is 2.11. The van der Waals surface area contributed by atoms with E-state index in [9.17, 15) is 9.59 Å². The van der Waals surface area contributed by atoms with Crippen LogP contribution in [-0.2, 0) is 6.54 Å². The van der Waals surface area contributed by atoms with Crippen LogP contribution in [0, 0.1) is 6.92 Å². The summed E-state index contributed by atoms with van der Waals surface area (Å²) < 4.78 is 5.10. The Morgan fingerprint density at radius 2 is 1.92 bits per heavy atom. The monoisotopic (exact) mass is 349 g/mol. The molecule has 3 amide bonds. The summed E-state index contributed by atoms with van der Waals surface area (Å²) in [6.45, 7) is 3.12. The molecular weight excluding hydrogens is 330 g/mol. The molecule has 2 aromatic rings. The Balaban J connectivity index is 1.58. The Morgan fingerprint density at radius 3 is 2.62 bits per heavy atom. The summed E-state index contributed by atoms with van der Waals surface area (Å²) in [5.41, 5.74) is 1.73. The van der Waals surface area contributed by atoms with Crippen molar-refractivity contribution in [2.45, 2.75) is 19.9 Å². The molecule has 0 aliphatic heterocycles. The van der Waals surface area contributed by atoms with Crippen LogP contribution in [0.1, 0.15) is 28.1 Å². The molecule has 128 valence electrons. The molecule has 0 fully saturated rings. The Bertz CT molecular complexity index is 700. The second-order valence-corrected chi connectivity index (χ2v) is 5.72. The van der Waals surface area contributed by atoms with Crippen LogP contribution < -0.4 is 16.0 Å². The second-order valence-electron chi connectivity index (χ2n) is 5.28. The number of nitrogens with one attached hydrogen (secondary N) is 3. The first kappa shape index (κ1) is 17.9. The van der Waals surface area contributed by atoms with Crippen molar-refractivity contribution < 1.29 is 14.0 Å². The summed E-state index contributed by atoms with van der Waals surface area (Å²) in [7, 11) is 0. The minimum atomic E-state index is -0.261. The normalized spacial score (nSPS) is 10.2. The molecule has 7 heteroatoms. The predicted octanol–water partition coefficient (Wildman–Crippen LogP) is 2.86. The molecule has 0 atom stereocenters. The molecule has 1 aromatic carbocycles. The molecule has 0 saturated heterocycles. The van der Waals surface area contributed by atoms with E-state index in [0.29, 0.717) is 36.8 Å². The molecule has 0 radical (unpaired) electrons. The summed E-state index contributed by atoms with van der Waals surface area (Å²) in [6.07, 6.45) is 2.10. The van der Waals surface area contributed by atoms with Gasteiger partial charge in [0.25, 0.3) is 5.91 Å². The van der Waals surface area contributed by atoms with E-state index in [1.807, 2.05) is 19.1 Å². The number of furan rings is 1. The standard InChI is InChI=1S/C17H20ClN3O3/c1-12-6-9-24-15(12)16(22)19-7-3-8-20-17(23)21-11-13-4-2-5-14(18)10-13/h2,4-6,9-10H,3,7-8,11H2,1H3,(H,19,22)(H2,20,21,23). The van der Waals surface area contributed by atoms with Crippen molar-refractivity contribution in [2.24, 2.45) is 0 Å². The van der Waals surface area contributed by atoms with E-state index in [1.54, 1.807) is 18.2 Å². The topological polar surface area (TPSA) is 83.4 Å². The lowest BCUT2D eigenvalue weighted by Crippen LogP contribution is -2.36. The summed E-state index contributed by atoms with van der Waals surface area (Å²) in [4.78, 5) is 23.5. The molecule has 6 nitrogen and oxygen atoms in total. The zero-order chi connectivity index (χ0) is 17.4.